The first-order chi connectivity index (χ1) is 4.86. The fourth-order valence-corrected chi connectivity index (χ4v) is 2.14. The SMILES string of the molecule is CC1CC2C[N-]CCN2C1.[K+]. The van der Waals surface area contributed by atoms with Gasteiger partial charge in [-0.05, 0) is 24.9 Å². The maximum absolute atomic E-state index is 4.41. The van der Waals surface area contributed by atoms with Crippen molar-refractivity contribution in [3.8, 4) is 0 Å². The van der Waals surface area contributed by atoms with Crippen molar-refractivity contribution in [1.29, 1.82) is 0 Å². The Labute approximate surface area is 112 Å². The molecule has 2 aliphatic heterocycles. The number of piperazine rings is 1. The predicted octanol–water partition coefficient (Wildman–Crippen LogP) is -1.91. The zero-order valence-electron chi connectivity index (χ0n) is 7.58. The predicted molar refractivity (Wildman–Crippen MR) is 42.2 cm³/mol. The van der Waals surface area contributed by atoms with Gasteiger partial charge in [-0.2, -0.15) is 0 Å². The average molecular weight is 178 g/mol. The van der Waals surface area contributed by atoms with Crippen molar-refractivity contribution in [3.05, 3.63) is 5.32 Å². The zero-order valence-corrected chi connectivity index (χ0v) is 10.7. The minimum absolute atomic E-state index is 0. The number of hydrogen-bond donors (Lipinski definition) is 0. The molecule has 0 aromatic heterocycles. The minimum Gasteiger partial charge on any atom is -0.660 e. The minimum atomic E-state index is 0. The van der Waals surface area contributed by atoms with E-state index >= 15 is 0 Å². The van der Waals surface area contributed by atoms with Crippen molar-refractivity contribution in [2.24, 2.45) is 5.92 Å². The Balaban J connectivity index is 0.000000605. The molecular formula is C8H15KN2. The van der Waals surface area contributed by atoms with Crippen LogP contribution < -0.4 is 51.4 Å². The molecule has 0 amide bonds. The topological polar surface area (TPSA) is 17.3 Å². The molecule has 2 saturated heterocycles. The molecule has 0 spiro atoms. The third kappa shape index (κ3) is 2.50. The molecule has 0 aromatic carbocycles. The van der Waals surface area contributed by atoms with Gasteiger partial charge in [0.2, 0.25) is 0 Å². The monoisotopic (exact) mass is 178 g/mol. The van der Waals surface area contributed by atoms with Crippen LogP contribution in [0.5, 0.6) is 0 Å². The summed E-state index contributed by atoms with van der Waals surface area (Å²) in [5.41, 5.74) is 0. The van der Waals surface area contributed by atoms with Crippen molar-refractivity contribution in [2.75, 3.05) is 26.2 Å². The summed E-state index contributed by atoms with van der Waals surface area (Å²) in [4.78, 5) is 2.59. The fourth-order valence-electron chi connectivity index (χ4n) is 2.14. The molecule has 0 saturated carbocycles. The Morgan fingerprint density at radius 3 is 3.00 bits per heavy atom. The summed E-state index contributed by atoms with van der Waals surface area (Å²) in [6.07, 6.45) is 1.38. The molecule has 2 nitrogen and oxygen atoms in total. The first-order valence-corrected chi connectivity index (χ1v) is 4.23. The Kier molecular flexibility index (Phi) is 4.54. The van der Waals surface area contributed by atoms with Crippen LogP contribution in [-0.2, 0) is 0 Å². The largest absolute Gasteiger partial charge is 1.00 e. The molecule has 0 bridgehead atoms. The van der Waals surface area contributed by atoms with Crippen molar-refractivity contribution in [3.63, 3.8) is 0 Å². The molecule has 11 heavy (non-hydrogen) atoms. The Bertz CT molecular complexity index is 115. The van der Waals surface area contributed by atoms with Gasteiger partial charge in [0.05, 0.1) is 0 Å². The zero-order chi connectivity index (χ0) is 6.97. The van der Waals surface area contributed by atoms with Gasteiger partial charge in [-0.15, -0.1) is 13.1 Å². The molecule has 3 heteroatoms. The van der Waals surface area contributed by atoms with Gasteiger partial charge in [-0.25, -0.2) is 0 Å². The second kappa shape index (κ2) is 4.70. The summed E-state index contributed by atoms with van der Waals surface area (Å²) >= 11 is 0. The maximum atomic E-state index is 4.41. The molecule has 2 heterocycles. The van der Waals surface area contributed by atoms with Gasteiger partial charge in [0.1, 0.15) is 0 Å². The fraction of sp³-hybridized carbons (Fsp3) is 1.00. The summed E-state index contributed by atoms with van der Waals surface area (Å²) in [6, 6.07) is 0.809. The van der Waals surface area contributed by atoms with E-state index in [1.807, 2.05) is 0 Å². The number of rotatable bonds is 0. The van der Waals surface area contributed by atoms with Crippen LogP contribution in [0.4, 0.5) is 0 Å². The van der Waals surface area contributed by atoms with Crippen LogP contribution >= 0.6 is 0 Å². The first kappa shape index (κ1) is 10.6. The van der Waals surface area contributed by atoms with E-state index in [1.165, 1.54) is 19.5 Å². The molecule has 0 radical (unpaired) electrons. The van der Waals surface area contributed by atoms with Crippen molar-refractivity contribution >= 4 is 0 Å². The molecule has 2 fully saturated rings. The van der Waals surface area contributed by atoms with Gasteiger partial charge < -0.3 is 10.2 Å². The Morgan fingerprint density at radius 1 is 1.45 bits per heavy atom. The van der Waals surface area contributed by atoms with Crippen LogP contribution in [0.15, 0.2) is 0 Å². The number of fused-ring (bicyclic) bond motifs is 1. The normalized spacial score (nSPS) is 37.9. The van der Waals surface area contributed by atoms with E-state index in [9.17, 15) is 0 Å². The summed E-state index contributed by atoms with van der Waals surface area (Å²) in [7, 11) is 0. The van der Waals surface area contributed by atoms with E-state index in [1.54, 1.807) is 0 Å². The van der Waals surface area contributed by atoms with Crippen LogP contribution in [0.3, 0.4) is 0 Å². The van der Waals surface area contributed by atoms with Crippen LogP contribution in [0.1, 0.15) is 13.3 Å². The van der Waals surface area contributed by atoms with Gasteiger partial charge in [0.25, 0.3) is 0 Å². The molecule has 2 rings (SSSR count). The van der Waals surface area contributed by atoms with E-state index in [0.717, 1.165) is 25.0 Å². The molecule has 58 valence electrons. The van der Waals surface area contributed by atoms with Gasteiger partial charge in [0.15, 0.2) is 0 Å². The van der Waals surface area contributed by atoms with E-state index < -0.39 is 0 Å². The summed E-state index contributed by atoms with van der Waals surface area (Å²) in [6.45, 7) is 7.06. The molecule has 2 atom stereocenters. The molecule has 2 unspecified atom stereocenters. The van der Waals surface area contributed by atoms with E-state index in [0.29, 0.717) is 0 Å². The van der Waals surface area contributed by atoms with Crippen molar-refractivity contribution in [2.45, 2.75) is 19.4 Å². The van der Waals surface area contributed by atoms with Gasteiger partial charge in [0, 0.05) is 6.54 Å². The first-order valence-electron chi connectivity index (χ1n) is 4.23. The smallest absolute Gasteiger partial charge is 0.660 e. The molecule has 0 aromatic rings. The molecule has 0 aliphatic carbocycles. The van der Waals surface area contributed by atoms with Crippen molar-refractivity contribution < 1.29 is 51.4 Å². The summed E-state index contributed by atoms with van der Waals surface area (Å²) in [5.74, 6) is 0.915. The molecule has 0 N–H and O–H groups in total. The maximum Gasteiger partial charge on any atom is 1.00 e. The van der Waals surface area contributed by atoms with Gasteiger partial charge >= 0.3 is 51.4 Å². The second-order valence-corrected chi connectivity index (χ2v) is 3.62. The number of hydrogen-bond acceptors (Lipinski definition) is 1. The Hall–Kier alpha value is 1.56. The van der Waals surface area contributed by atoms with Crippen LogP contribution in [0.25, 0.3) is 5.32 Å². The van der Waals surface area contributed by atoms with E-state index in [2.05, 4.69) is 17.1 Å². The van der Waals surface area contributed by atoms with Crippen LogP contribution in [0.2, 0.25) is 0 Å². The van der Waals surface area contributed by atoms with Crippen molar-refractivity contribution in [1.82, 2.24) is 4.90 Å². The average Bonchev–Trinajstić information content (AvgIpc) is 2.27. The Morgan fingerprint density at radius 2 is 2.27 bits per heavy atom. The number of nitrogens with zero attached hydrogens (tertiary/aromatic N) is 2. The van der Waals surface area contributed by atoms with Gasteiger partial charge in [-0.3, -0.25) is 0 Å². The van der Waals surface area contributed by atoms with Crippen LogP contribution in [0, 0.1) is 5.92 Å². The third-order valence-electron chi connectivity index (χ3n) is 2.62. The van der Waals surface area contributed by atoms with Gasteiger partial charge in [-0.1, -0.05) is 6.92 Å². The van der Waals surface area contributed by atoms with Crippen LogP contribution in [-0.4, -0.2) is 37.1 Å². The molecule has 2 aliphatic rings. The van der Waals surface area contributed by atoms with E-state index in [-0.39, 0.29) is 51.4 Å². The quantitative estimate of drug-likeness (QED) is 0.396. The summed E-state index contributed by atoms with van der Waals surface area (Å²) < 4.78 is 0. The second-order valence-electron chi connectivity index (χ2n) is 3.62. The third-order valence-corrected chi connectivity index (χ3v) is 2.62. The standard InChI is InChI=1S/C8H15N2.K/c1-7-4-8-5-9-2-3-10(8)6-7;/h7-8H,2-6H2,1H3;/q-1;+1. The summed E-state index contributed by atoms with van der Waals surface area (Å²) in [5, 5.41) is 4.41. The molecular weight excluding hydrogens is 163 g/mol. The van der Waals surface area contributed by atoms with E-state index in [4.69, 9.17) is 0 Å².